The van der Waals surface area contributed by atoms with Gasteiger partial charge < -0.3 is 9.80 Å². The highest BCUT2D eigenvalue weighted by atomic mass is 32.1. The minimum atomic E-state index is 0.0857. The fourth-order valence-corrected chi connectivity index (χ4v) is 3.74. The average molecular weight is 353 g/mol. The Morgan fingerprint density at radius 2 is 1.80 bits per heavy atom. The molecule has 1 aliphatic rings. The van der Waals surface area contributed by atoms with E-state index in [1.54, 1.807) is 17.5 Å². The molecule has 3 aromatic rings. The zero-order chi connectivity index (χ0) is 17.2. The van der Waals surface area contributed by atoms with Crippen molar-refractivity contribution in [1.29, 1.82) is 0 Å². The molecule has 1 fully saturated rings. The quantitative estimate of drug-likeness (QED) is 0.726. The molecule has 4 rings (SSSR count). The van der Waals surface area contributed by atoms with Crippen molar-refractivity contribution in [2.24, 2.45) is 0 Å². The van der Waals surface area contributed by atoms with E-state index in [4.69, 9.17) is 0 Å². The van der Waals surface area contributed by atoms with E-state index in [-0.39, 0.29) is 5.91 Å². The van der Waals surface area contributed by atoms with Crippen LogP contribution < -0.4 is 4.90 Å². The van der Waals surface area contributed by atoms with Gasteiger partial charge in [-0.15, -0.1) is 11.3 Å². The molecule has 0 aliphatic carbocycles. The van der Waals surface area contributed by atoms with Crippen LogP contribution in [0.15, 0.2) is 48.1 Å². The Balaban J connectivity index is 1.42. The van der Waals surface area contributed by atoms with Gasteiger partial charge in [0.2, 0.25) is 0 Å². The van der Waals surface area contributed by atoms with Crippen LogP contribution in [-0.4, -0.2) is 51.8 Å². The normalized spacial score (nSPS) is 14.8. The molecule has 0 spiro atoms. The fraction of sp³-hybridized carbons (Fsp3) is 0.278. The number of piperazine rings is 1. The highest BCUT2D eigenvalue weighted by Crippen LogP contribution is 2.20. The average Bonchev–Trinajstić information content (AvgIpc) is 3.33. The van der Waals surface area contributed by atoms with Crippen LogP contribution >= 0.6 is 11.3 Å². The Hall–Kier alpha value is -2.67. The molecule has 6 nitrogen and oxygen atoms in total. The molecule has 0 unspecified atom stereocenters. The van der Waals surface area contributed by atoms with Gasteiger partial charge in [0, 0.05) is 55.2 Å². The van der Waals surface area contributed by atoms with Gasteiger partial charge in [0.25, 0.3) is 5.91 Å². The Morgan fingerprint density at radius 1 is 1.04 bits per heavy atom. The molecule has 3 heterocycles. The van der Waals surface area contributed by atoms with E-state index < -0.39 is 0 Å². The minimum Gasteiger partial charge on any atom is -0.345 e. The second-order valence-electron chi connectivity index (χ2n) is 6.03. The summed E-state index contributed by atoms with van der Waals surface area (Å²) >= 11 is 1.64. The molecule has 0 N–H and O–H groups in total. The number of thiazole rings is 1. The number of amides is 1. The lowest BCUT2D eigenvalue weighted by Crippen LogP contribution is -2.48. The molecular formula is C18H19N5OS. The van der Waals surface area contributed by atoms with E-state index in [9.17, 15) is 4.79 Å². The van der Waals surface area contributed by atoms with Gasteiger partial charge >= 0.3 is 0 Å². The lowest BCUT2D eigenvalue weighted by Gasteiger charge is -2.34. The fourth-order valence-electron chi connectivity index (χ4n) is 3.04. The van der Waals surface area contributed by atoms with E-state index in [1.807, 2.05) is 58.4 Å². The molecule has 25 heavy (non-hydrogen) atoms. The van der Waals surface area contributed by atoms with Crippen molar-refractivity contribution in [2.45, 2.75) is 6.92 Å². The molecule has 0 bridgehead atoms. The standard InChI is InChI=1S/C18H19N5OS/c1-14-6-7-20-23(14)16-4-2-15(3-5-16)17(24)21-9-11-22(12-10-21)18-19-8-13-25-18/h2-8,13H,9-12H2,1H3. The molecule has 2 aromatic heterocycles. The summed E-state index contributed by atoms with van der Waals surface area (Å²) in [5, 5.41) is 7.31. The third kappa shape index (κ3) is 3.15. The van der Waals surface area contributed by atoms with Gasteiger partial charge in [-0.2, -0.15) is 5.10 Å². The van der Waals surface area contributed by atoms with E-state index in [0.717, 1.165) is 48.3 Å². The van der Waals surface area contributed by atoms with Crippen molar-refractivity contribution in [3.8, 4) is 5.69 Å². The molecule has 7 heteroatoms. The number of hydrogen-bond donors (Lipinski definition) is 0. The number of rotatable bonds is 3. The SMILES string of the molecule is Cc1ccnn1-c1ccc(C(=O)N2CCN(c3nccs3)CC2)cc1. The summed E-state index contributed by atoms with van der Waals surface area (Å²) in [6, 6.07) is 9.61. The van der Waals surface area contributed by atoms with Gasteiger partial charge in [-0.1, -0.05) is 0 Å². The van der Waals surface area contributed by atoms with Gasteiger partial charge in [0.05, 0.1) is 5.69 Å². The Morgan fingerprint density at radius 3 is 2.40 bits per heavy atom. The van der Waals surface area contributed by atoms with Crippen molar-refractivity contribution < 1.29 is 4.79 Å². The van der Waals surface area contributed by atoms with Crippen LogP contribution in [-0.2, 0) is 0 Å². The van der Waals surface area contributed by atoms with Crippen LogP contribution in [0.3, 0.4) is 0 Å². The molecule has 0 radical (unpaired) electrons. The van der Waals surface area contributed by atoms with Crippen molar-refractivity contribution in [3.63, 3.8) is 0 Å². The van der Waals surface area contributed by atoms with E-state index in [2.05, 4.69) is 15.0 Å². The molecule has 1 saturated heterocycles. The topological polar surface area (TPSA) is 54.3 Å². The molecule has 128 valence electrons. The number of carbonyl (C=O) groups is 1. The number of aromatic nitrogens is 3. The van der Waals surface area contributed by atoms with Crippen LogP contribution in [0, 0.1) is 6.92 Å². The first kappa shape index (κ1) is 15.8. The molecule has 1 aromatic carbocycles. The lowest BCUT2D eigenvalue weighted by molar-refractivity contribution is 0.0747. The monoisotopic (exact) mass is 353 g/mol. The largest absolute Gasteiger partial charge is 0.345 e. The third-order valence-corrected chi connectivity index (χ3v) is 5.28. The second kappa shape index (κ2) is 6.68. The highest BCUT2D eigenvalue weighted by Gasteiger charge is 2.23. The van der Waals surface area contributed by atoms with Gasteiger partial charge in [-0.05, 0) is 37.3 Å². The number of anilines is 1. The smallest absolute Gasteiger partial charge is 0.253 e. The van der Waals surface area contributed by atoms with E-state index in [0.29, 0.717) is 0 Å². The van der Waals surface area contributed by atoms with Gasteiger partial charge in [-0.25, -0.2) is 9.67 Å². The number of carbonyl (C=O) groups excluding carboxylic acids is 1. The molecule has 1 amide bonds. The van der Waals surface area contributed by atoms with Crippen LogP contribution in [0.4, 0.5) is 5.13 Å². The highest BCUT2D eigenvalue weighted by molar-refractivity contribution is 7.13. The number of hydrogen-bond acceptors (Lipinski definition) is 5. The Bertz CT molecular complexity index is 848. The zero-order valence-electron chi connectivity index (χ0n) is 14.0. The first-order valence-electron chi connectivity index (χ1n) is 8.27. The van der Waals surface area contributed by atoms with Gasteiger partial charge in [0.15, 0.2) is 5.13 Å². The predicted molar refractivity (Wildman–Crippen MR) is 98.5 cm³/mol. The summed E-state index contributed by atoms with van der Waals surface area (Å²) in [5.41, 5.74) is 2.75. The Labute approximate surface area is 150 Å². The molecular weight excluding hydrogens is 334 g/mol. The first-order valence-corrected chi connectivity index (χ1v) is 9.15. The third-order valence-electron chi connectivity index (χ3n) is 4.45. The molecule has 1 aliphatic heterocycles. The summed E-state index contributed by atoms with van der Waals surface area (Å²) in [6.07, 6.45) is 3.59. The van der Waals surface area contributed by atoms with Gasteiger partial charge in [0.1, 0.15) is 0 Å². The minimum absolute atomic E-state index is 0.0857. The summed E-state index contributed by atoms with van der Waals surface area (Å²) < 4.78 is 1.86. The summed E-state index contributed by atoms with van der Waals surface area (Å²) in [6.45, 7) is 5.10. The van der Waals surface area contributed by atoms with E-state index in [1.165, 1.54) is 0 Å². The van der Waals surface area contributed by atoms with Crippen LogP contribution in [0.5, 0.6) is 0 Å². The van der Waals surface area contributed by atoms with Crippen molar-refractivity contribution in [3.05, 3.63) is 59.4 Å². The van der Waals surface area contributed by atoms with Gasteiger partial charge in [-0.3, -0.25) is 4.79 Å². The zero-order valence-corrected chi connectivity index (χ0v) is 14.8. The van der Waals surface area contributed by atoms with Crippen LogP contribution in [0.2, 0.25) is 0 Å². The molecule has 0 saturated carbocycles. The van der Waals surface area contributed by atoms with E-state index >= 15 is 0 Å². The summed E-state index contributed by atoms with van der Waals surface area (Å²) in [7, 11) is 0. The summed E-state index contributed by atoms with van der Waals surface area (Å²) in [4.78, 5) is 21.2. The number of nitrogens with zero attached hydrogens (tertiary/aromatic N) is 5. The van der Waals surface area contributed by atoms with Crippen molar-refractivity contribution >= 4 is 22.4 Å². The number of aryl methyl sites for hydroxylation is 1. The molecule has 0 atom stereocenters. The Kier molecular flexibility index (Phi) is 4.23. The predicted octanol–water partition coefficient (Wildman–Crippen LogP) is 2.60. The first-order chi connectivity index (χ1) is 12.2. The van der Waals surface area contributed by atoms with Crippen LogP contribution in [0.25, 0.3) is 5.69 Å². The second-order valence-corrected chi connectivity index (χ2v) is 6.90. The number of benzene rings is 1. The van der Waals surface area contributed by atoms with Crippen molar-refractivity contribution in [1.82, 2.24) is 19.7 Å². The van der Waals surface area contributed by atoms with Crippen LogP contribution in [0.1, 0.15) is 16.1 Å². The lowest BCUT2D eigenvalue weighted by atomic mass is 10.1. The summed E-state index contributed by atoms with van der Waals surface area (Å²) in [5.74, 6) is 0.0857. The van der Waals surface area contributed by atoms with Crippen molar-refractivity contribution in [2.75, 3.05) is 31.1 Å². The maximum absolute atomic E-state index is 12.7. The maximum Gasteiger partial charge on any atom is 0.253 e. The maximum atomic E-state index is 12.7.